The first kappa shape index (κ1) is 26.8. The van der Waals surface area contributed by atoms with Gasteiger partial charge in [0.05, 0.1) is 31.4 Å². The second-order valence-electron chi connectivity index (χ2n) is 10.7. The van der Waals surface area contributed by atoms with Gasteiger partial charge in [0.1, 0.15) is 29.3 Å². The lowest BCUT2D eigenvalue weighted by Gasteiger charge is -2.28. The van der Waals surface area contributed by atoms with Crippen LogP contribution in [0.1, 0.15) is 68.8 Å². The summed E-state index contributed by atoms with van der Waals surface area (Å²) in [5, 5.41) is 9.94. The van der Waals surface area contributed by atoms with Crippen molar-refractivity contribution in [1.29, 1.82) is 0 Å². The van der Waals surface area contributed by atoms with Crippen LogP contribution in [0.5, 0.6) is 11.5 Å². The zero-order valence-corrected chi connectivity index (χ0v) is 21.9. The minimum atomic E-state index is -1.11. The number of carboxylic acids is 1. The van der Waals surface area contributed by atoms with E-state index in [1.807, 2.05) is 51.1 Å². The molecule has 0 radical (unpaired) electrons. The lowest BCUT2D eigenvalue weighted by atomic mass is 10.1. The van der Waals surface area contributed by atoms with Crippen LogP contribution in [-0.2, 0) is 16.1 Å². The van der Waals surface area contributed by atoms with Crippen molar-refractivity contribution >= 4 is 12.1 Å². The third-order valence-electron chi connectivity index (χ3n) is 6.56. The Bertz CT molecular complexity index is 1060. The lowest BCUT2D eigenvalue weighted by molar-refractivity contribution is 0.0126. The molecule has 2 aromatic rings. The van der Waals surface area contributed by atoms with Gasteiger partial charge in [0.25, 0.3) is 0 Å². The van der Waals surface area contributed by atoms with Gasteiger partial charge in [0.15, 0.2) is 0 Å². The number of benzene rings is 2. The predicted molar refractivity (Wildman–Crippen MR) is 138 cm³/mol. The van der Waals surface area contributed by atoms with Crippen molar-refractivity contribution in [3.05, 3.63) is 59.7 Å². The minimum Gasteiger partial charge on any atom is -0.490 e. The Balaban J connectivity index is 1.46. The first-order valence-electron chi connectivity index (χ1n) is 13.0. The highest BCUT2D eigenvalue weighted by Crippen LogP contribution is 2.33. The van der Waals surface area contributed by atoms with Gasteiger partial charge >= 0.3 is 12.1 Å². The monoisotopic (exact) mass is 511 g/mol. The number of aromatic carboxylic acids is 1. The summed E-state index contributed by atoms with van der Waals surface area (Å²) < 4.78 is 23.8. The summed E-state index contributed by atoms with van der Waals surface area (Å²) in [7, 11) is 0. The number of likely N-dealkylation sites (tertiary alicyclic amines) is 1. The summed E-state index contributed by atoms with van der Waals surface area (Å²) in [6.07, 6.45) is 3.93. The van der Waals surface area contributed by atoms with Crippen molar-refractivity contribution in [3.63, 3.8) is 0 Å². The van der Waals surface area contributed by atoms with Crippen LogP contribution >= 0.6 is 0 Å². The van der Waals surface area contributed by atoms with Gasteiger partial charge in [-0.15, -0.1) is 0 Å². The number of carbonyl (C=O) groups is 2. The van der Waals surface area contributed by atoms with Gasteiger partial charge in [0.2, 0.25) is 0 Å². The zero-order valence-electron chi connectivity index (χ0n) is 21.9. The van der Waals surface area contributed by atoms with Crippen molar-refractivity contribution in [2.24, 2.45) is 0 Å². The van der Waals surface area contributed by atoms with Crippen molar-refractivity contribution < 1.29 is 33.6 Å². The molecule has 200 valence electrons. The molecule has 2 aliphatic rings. The van der Waals surface area contributed by atoms with Gasteiger partial charge in [0, 0.05) is 0 Å². The van der Waals surface area contributed by atoms with Crippen molar-refractivity contribution in [1.82, 2.24) is 4.90 Å². The summed E-state index contributed by atoms with van der Waals surface area (Å²) in [6, 6.07) is 14.6. The van der Waals surface area contributed by atoms with Gasteiger partial charge in [-0.1, -0.05) is 36.4 Å². The smallest absolute Gasteiger partial charge is 0.410 e. The number of hydrogen-bond acceptors (Lipinski definition) is 6. The number of rotatable bonds is 9. The van der Waals surface area contributed by atoms with Gasteiger partial charge in [-0.2, -0.15) is 0 Å². The quantitative estimate of drug-likeness (QED) is 0.463. The number of carbonyl (C=O) groups excluding carboxylic acids is 1. The van der Waals surface area contributed by atoms with Gasteiger partial charge in [-0.3, -0.25) is 4.90 Å². The first-order chi connectivity index (χ1) is 17.7. The molecule has 37 heavy (non-hydrogen) atoms. The second kappa shape index (κ2) is 11.9. The van der Waals surface area contributed by atoms with Crippen LogP contribution < -0.4 is 9.47 Å². The summed E-state index contributed by atoms with van der Waals surface area (Å²) in [4.78, 5) is 26.8. The van der Waals surface area contributed by atoms with E-state index in [4.69, 9.17) is 18.9 Å². The van der Waals surface area contributed by atoms with Crippen molar-refractivity contribution in [3.8, 4) is 11.5 Å². The largest absolute Gasteiger partial charge is 0.490 e. The van der Waals surface area contributed by atoms with E-state index in [1.54, 1.807) is 23.1 Å². The Kier molecular flexibility index (Phi) is 8.59. The van der Waals surface area contributed by atoms with Crippen molar-refractivity contribution in [2.45, 2.75) is 83.3 Å². The normalized spacial score (nSPS) is 20.1. The first-order valence-corrected chi connectivity index (χ1v) is 13.0. The molecule has 4 rings (SSSR count). The van der Waals surface area contributed by atoms with E-state index in [-0.39, 0.29) is 36.2 Å². The maximum Gasteiger partial charge on any atom is 0.410 e. The van der Waals surface area contributed by atoms with Crippen LogP contribution in [-0.4, -0.2) is 59.1 Å². The Labute approximate surface area is 218 Å². The molecule has 8 nitrogen and oxygen atoms in total. The summed E-state index contributed by atoms with van der Waals surface area (Å²) in [5.41, 5.74) is 0.415. The number of ether oxygens (including phenoxy) is 4. The summed E-state index contributed by atoms with van der Waals surface area (Å²) >= 11 is 0. The topological polar surface area (TPSA) is 94.5 Å². The Morgan fingerprint density at radius 3 is 2.35 bits per heavy atom. The molecule has 1 heterocycles. The van der Waals surface area contributed by atoms with Crippen LogP contribution in [0.25, 0.3) is 0 Å². The van der Waals surface area contributed by atoms with E-state index in [9.17, 15) is 14.7 Å². The number of amides is 1. The predicted octanol–water partition coefficient (Wildman–Crippen LogP) is 5.68. The third-order valence-corrected chi connectivity index (χ3v) is 6.56. The van der Waals surface area contributed by atoms with Crippen LogP contribution in [0.3, 0.4) is 0 Å². The molecule has 0 unspecified atom stereocenters. The fourth-order valence-electron chi connectivity index (χ4n) is 4.80. The molecule has 2 atom stereocenters. The van der Waals surface area contributed by atoms with E-state index in [1.165, 1.54) is 0 Å². The Hall–Kier alpha value is -3.26. The highest BCUT2D eigenvalue weighted by atomic mass is 16.6. The number of hydrogen-bond donors (Lipinski definition) is 1. The maximum absolute atomic E-state index is 13.0. The standard InChI is InChI=1S/C29H37NO7/c1-29(2,3)37-28(33)30-17-23(34-18-20-10-5-4-6-11-20)16-21(30)19-35-24-14-9-15-25(26(24)27(31)32)36-22-12-7-8-13-22/h4-6,9-11,14-15,21-23H,7-8,12-13,16-19H2,1-3H3,(H,31,32)/t21-,23+/m1/s1. The average Bonchev–Trinajstić information content (AvgIpc) is 3.51. The molecule has 0 bridgehead atoms. The van der Waals surface area contributed by atoms with Crippen LogP contribution in [0.2, 0.25) is 0 Å². The minimum absolute atomic E-state index is 0.00749. The van der Waals surface area contributed by atoms with Crippen molar-refractivity contribution in [2.75, 3.05) is 13.2 Å². The highest BCUT2D eigenvalue weighted by molar-refractivity contribution is 5.94. The SMILES string of the molecule is CC(C)(C)OC(=O)N1C[C@@H](OCc2ccccc2)C[C@@H]1COc1cccc(OC2CCCC2)c1C(=O)O. The molecule has 1 amide bonds. The van der Waals surface area contributed by atoms with E-state index < -0.39 is 17.7 Å². The van der Waals surface area contributed by atoms with Gasteiger partial charge < -0.3 is 24.1 Å². The number of nitrogens with zero attached hydrogens (tertiary/aromatic N) is 1. The molecular weight excluding hydrogens is 474 g/mol. The molecule has 1 saturated heterocycles. The van der Waals surface area contributed by atoms with Crippen LogP contribution in [0.4, 0.5) is 4.79 Å². The second-order valence-corrected chi connectivity index (χ2v) is 10.7. The Morgan fingerprint density at radius 2 is 1.68 bits per heavy atom. The molecule has 1 aliphatic carbocycles. The Morgan fingerprint density at radius 1 is 0.973 bits per heavy atom. The van der Waals surface area contributed by atoms with E-state index in [0.29, 0.717) is 25.3 Å². The summed E-state index contributed by atoms with van der Waals surface area (Å²) in [5.74, 6) is -0.569. The van der Waals surface area contributed by atoms with E-state index >= 15 is 0 Å². The van der Waals surface area contributed by atoms with Crippen LogP contribution in [0.15, 0.2) is 48.5 Å². The van der Waals surface area contributed by atoms with Gasteiger partial charge in [-0.05, 0) is 70.6 Å². The molecule has 1 aliphatic heterocycles. The maximum atomic E-state index is 13.0. The van der Waals surface area contributed by atoms with Gasteiger partial charge in [-0.25, -0.2) is 9.59 Å². The van der Waals surface area contributed by atoms with E-state index in [0.717, 1.165) is 31.2 Å². The molecular formula is C29H37NO7. The van der Waals surface area contributed by atoms with Crippen LogP contribution in [0, 0.1) is 0 Å². The zero-order chi connectivity index (χ0) is 26.4. The summed E-state index contributed by atoms with van der Waals surface area (Å²) in [6.45, 7) is 6.38. The molecule has 0 spiro atoms. The fraction of sp³-hybridized carbons (Fsp3) is 0.517. The fourth-order valence-corrected chi connectivity index (χ4v) is 4.80. The molecule has 2 fully saturated rings. The molecule has 2 aromatic carbocycles. The number of carboxylic acid groups (broad SMARTS) is 1. The third kappa shape index (κ3) is 7.38. The molecule has 8 heteroatoms. The highest BCUT2D eigenvalue weighted by Gasteiger charge is 2.39. The molecule has 1 N–H and O–H groups in total. The average molecular weight is 512 g/mol. The molecule has 1 saturated carbocycles. The molecule has 0 aromatic heterocycles. The lowest BCUT2D eigenvalue weighted by Crippen LogP contribution is -2.42. The van der Waals surface area contributed by atoms with E-state index in [2.05, 4.69) is 0 Å².